The van der Waals surface area contributed by atoms with E-state index in [2.05, 4.69) is 15.4 Å². The highest BCUT2D eigenvalue weighted by Gasteiger charge is 2.11. The zero-order valence-corrected chi connectivity index (χ0v) is 18.8. The summed E-state index contributed by atoms with van der Waals surface area (Å²) in [4.78, 5) is 30.5. The highest BCUT2D eigenvalue weighted by molar-refractivity contribution is 7.98. The van der Waals surface area contributed by atoms with Gasteiger partial charge in [-0.25, -0.2) is 4.98 Å². The minimum Gasteiger partial charge on any atom is -0.484 e. The van der Waals surface area contributed by atoms with Crippen LogP contribution in [0.15, 0.2) is 64.3 Å². The molecule has 0 radical (unpaired) electrons. The van der Waals surface area contributed by atoms with E-state index >= 15 is 0 Å². The Bertz CT molecular complexity index is 1290. The number of rotatable bonds is 7. The number of amides is 1. The zero-order chi connectivity index (χ0) is 21.8. The Balaban J connectivity index is 1.40. The van der Waals surface area contributed by atoms with Gasteiger partial charge < -0.3 is 10.1 Å². The van der Waals surface area contributed by atoms with E-state index in [0.717, 1.165) is 9.90 Å². The van der Waals surface area contributed by atoms with Gasteiger partial charge in [-0.2, -0.15) is 9.61 Å². The van der Waals surface area contributed by atoms with E-state index < -0.39 is 0 Å². The van der Waals surface area contributed by atoms with Crippen LogP contribution in [0.5, 0.6) is 5.75 Å². The number of hydrogen-bond donors (Lipinski definition) is 1. The number of anilines is 1. The Morgan fingerprint density at radius 3 is 2.81 bits per heavy atom. The van der Waals surface area contributed by atoms with Crippen molar-refractivity contribution in [2.45, 2.75) is 17.6 Å². The Kier molecular flexibility index (Phi) is 6.55. The standard InChI is InChI=1S/C21H17ClN4O3S2/c1-13-25-26-20(28)10-15(23-21(26)31-13)12-30-18-5-3-2-4-17(18)24-19(27)11-29-16-8-6-14(22)7-9-16/h2-10H,11-12H2,1H3,(H,24,27). The van der Waals surface area contributed by atoms with Crippen molar-refractivity contribution in [3.05, 3.63) is 80.7 Å². The van der Waals surface area contributed by atoms with Gasteiger partial charge in [-0.15, -0.1) is 11.8 Å². The second-order valence-corrected chi connectivity index (χ2v) is 9.09. The first kappa shape index (κ1) is 21.4. The van der Waals surface area contributed by atoms with Crippen LogP contribution in [0.2, 0.25) is 5.02 Å². The van der Waals surface area contributed by atoms with Gasteiger partial charge in [0, 0.05) is 21.7 Å². The number of aromatic nitrogens is 3. The largest absolute Gasteiger partial charge is 0.484 e. The summed E-state index contributed by atoms with van der Waals surface area (Å²) in [5.41, 5.74) is 1.13. The second kappa shape index (κ2) is 9.51. The molecule has 0 fully saturated rings. The molecule has 158 valence electrons. The quantitative estimate of drug-likeness (QED) is 0.401. The number of carbonyl (C=O) groups is 1. The number of para-hydroxylation sites is 1. The first-order valence-corrected chi connectivity index (χ1v) is 11.4. The SMILES string of the molecule is Cc1nn2c(=O)cc(CSc3ccccc3NC(=O)COc3ccc(Cl)cc3)nc2s1. The summed E-state index contributed by atoms with van der Waals surface area (Å²) in [5, 5.41) is 8.40. The molecule has 0 aliphatic carbocycles. The monoisotopic (exact) mass is 472 g/mol. The van der Waals surface area contributed by atoms with Gasteiger partial charge in [0.1, 0.15) is 10.8 Å². The molecule has 1 amide bonds. The average Bonchev–Trinajstić information content (AvgIpc) is 3.13. The second-order valence-electron chi connectivity index (χ2n) is 6.48. The number of hydrogen-bond acceptors (Lipinski definition) is 7. The number of fused-ring (bicyclic) bond motifs is 1. The van der Waals surface area contributed by atoms with E-state index in [0.29, 0.717) is 32.9 Å². The minimum absolute atomic E-state index is 0.125. The summed E-state index contributed by atoms with van der Waals surface area (Å²) in [6.45, 7) is 1.71. The molecule has 2 aromatic heterocycles. The van der Waals surface area contributed by atoms with E-state index in [-0.39, 0.29) is 18.1 Å². The maximum Gasteiger partial charge on any atom is 0.275 e. The first-order valence-electron chi connectivity index (χ1n) is 9.24. The number of aryl methyl sites for hydroxylation is 1. The molecule has 0 aliphatic rings. The van der Waals surface area contributed by atoms with E-state index in [4.69, 9.17) is 16.3 Å². The van der Waals surface area contributed by atoms with Crippen LogP contribution in [0.25, 0.3) is 4.96 Å². The summed E-state index contributed by atoms with van der Waals surface area (Å²) in [6.07, 6.45) is 0. The lowest BCUT2D eigenvalue weighted by Crippen LogP contribution is -2.20. The van der Waals surface area contributed by atoms with E-state index in [9.17, 15) is 9.59 Å². The van der Waals surface area contributed by atoms with Crippen LogP contribution in [0, 0.1) is 6.92 Å². The van der Waals surface area contributed by atoms with Crippen molar-refractivity contribution in [3.63, 3.8) is 0 Å². The Labute approximate surface area is 191 Å². The fourth-order valence-corrected chi connectivity index (χ4v) is 4.53. The number of carbonyl (C=O) groups excluding carboxylic acids is 1. The number of ether oxygens (including phenoxy) is 1. The third-order valence-electron chi connectivity index (χ3n) is 4.12. The lowest BCUT2D eigenvalue weighted by atomic mass is 10.3. The summed E-state index contributed by atoms with van der Waals surface area (Å²) in [5.74, 6) is 0.769. The van der Waals surface area contributed by atoms with Crippen LogP contribution in [-0.4, -0.2) is 27.1 Å². The number of nitrogens with zero attached hydrogens (tertiary/aromatic N) is 3. The van der Waals surface area contributed by atoms with Crippen LogP contribution in [0.4, 0.5) is 5.69 Å². The first-order chi connectivity index (χ1) is 15.0. The summed E-state index contributed by atoms with van der Waals surface area (Å²) in [7, 11) is 0. The Hall–Kier alpha value is -2.88. The Morgan fingerprint density at radius 2 is 2.00 bits per heavy atom. The fourth-order valence-electron chi connectivity index (χ4n) is 2.74. The molecule has 0 saturated carbocycles. The number of halogens is 1. The van der Waals surface area contributed by atoms with E-state index in [1.807, 2.05) is 31.2 Å². The highest BCUT2D eigenvalue weighted by atomic mass is 35.5. The normalized spacial score (nSPS) is 10.9. The predicted molar refractivity (Wildman–Crippen MR) is 123 cm³/mol. The van der Waals surface area contributed by atoms with Crippen molar-refractivity contribution in [3.8, 4) is 5.75 Å². The van der Waals surface area contributed by atoms with Crippen molar-refractivity contribution in [2.75, 3.05) is 11.9 Å². The maximum absolute atomic E-state index is 12.3. The average molecular weight is 473 g/mol. The van der Waals surface area contributed by atoms with Crippen molar-refractivity contribution < 1.29 is 9.53 Å². The summed E-state index contributed by atoms with van der Waals surface area (Å²) < 4.78 is 6.80. The molecular weight excluding hydrogens is 456 g/mol. The Morgan fingerprint density at radius 1 is 1.23 bits per heavy atom. The lowest BCUT2D eigenvalue weighted by Gasteiger charge is -2.11. The van der Waals surface area contributed by atoms with Crippen LogP contribution in [-0.2, 0) is 10.5 Å². The molecule has 2 heterocycles. The molecule has 10 heteroatoms. The minimum atomic E-state index is -0.277. The highest BCUT2D eigenvalue weighted by Crippen LogP contribution is 2.29. The maximum atomic E-state index is 12.3. The van der Waals surface area contributed by atoms with Gasteiger partial charge >= 0.3 is 0 Å². The number of thioether (sulfide) groups is 1. The smallest absolute Gasteiger partial charge is 0.275 e. The molecule has 0 aliphatic heterocycles. The number of benzene rings is 2. The topological polar surface area (TPSA) is 85.6 Å². The van der Waals surface area contributed by atoms with E-state index in [1.54, 1.807) is 24.3 Å². The third kappa shape index (κ3) is 5.43. The molecule has 7 nitrogen and oxygen atoms in total. The zero-order valence-electron chi connectivity index (χ0n) is 16.4. The molecule has 0 saturated heterocycles. The van der Waals surface area contributed by atoms with Gasteiger partial charge in [-0.05, 0) is 43.3 Å². The van der Waals surface area contributed by atoms with Crippen LogP contribution >= 0.6 is 34.7 Å². The van der Waals surface area contributed by atoms with Crippen molar-refractivity contribution >= 4 is 51.3 Å². The van der Waals surface area contributed by atoms with Crippen molar-refractivity contribution in [1.29, 1.82) is 0 Å². The molecule has 1 N–H and O–H groups in total. The molecule has 0 bridgehead atoms. The molecule has 4 rings (SSSR count). The van der Waals surface area contributed by atoms with Gasteiger partial charge in [0.05, 0.1) is 11.4 Å². The van der Waals surface area contributed by atoms with Gasteiger partial charge in [0.15, 0.2) is 6.61 Å². The summed E-state index contributed by atoms with van der Waals surface area (Å²) >= 11 is 8.71. The molecule has 0 spiro atoms. The predicted octanol–water partition coefficient (Wildman–Crippen LogP) is 4.42. The van der Waals surface area contributed by atoms with Crippen LogP contribution in [0.3, 0.4) is 0 Å². The van der Waals surface area contributed by atoms with Gasteiger partial charge in [0.2, 0.25) is 4.96 Å². The molecular formula is C21H17ClN4O3S2. The fraction of sp³-hybridized carbons (Fsp3) is 0.143. The van der Waals surface area contributed by atoms with Gasteiger partial charge in [-0.3, -0.25) is 9.59 Å². The van der Waals surface area contributed by atoms with Gasteiger partial charge in [-0.1, -0.05) is 35.1 Å². The van der Waals surface area contributed by atoms with Crippen molar-refractivity contribution in [2.24, 2.45) is 0 Å². The molecule has 0 unspecified atom stereocenters. The van der Waals surface area contributed by atoms with Gasteiger partial charge in [0.25, 0.3) is 11.5 Å². The lowest BCUT2D eigenvalue weighted by molar-refractivity contribution is -0.118. The molecule has 4 aromatic rings. The number of nitrogens with one attached hydrogen (secondary N) is 1. The van der Waals surface area contributed by atoms with Crippen LogP contribution < -0.4 is 15.6 Å². The molecule has 0 atom stereocenters. The molecule has 31 heavy (non-hydrogen) atoms. The third-order valence-corrected chi connectivity index (χ3v) is 6.30. The van der Waals surface area contributed by atoms with E-state index in [1.165, 1.54) is 33.7 Å². The van der Waals surface area contributed by atoms with Crippen LogP contribution in [0.1, 0.15) is 10.7 Å². The van der Waals surface area contributed by atoms with Crippen molar-refractivity contribution in [1.82, 2.24) is 14.6 Å². The summed E-state index contributed by atoms with van der Waals surface area (Å²) in [6, 6.07) is 15.8. The molecule has 2 aromatic carbocycles.